The lowest BCUT2D eigenvalue weighted by Crippen LogP contribution is -2.23. The number of imidazole rings is 1. The molecule has 0 unspecified atom stereocenters. The van der Waals surface area contributed by atoms with E-state index in [2.05, 4.69) is 15.0 Å². The molecular formula is C14H11F2N3O2S. The second-order valence-electron chi connectivity index (χ2n) is 4.41. The Kier molecular flexibility index (Phi) is 4.01. The maximum Gasteiger partial charge on any atom is 0.387 e. The van der Waals surface area contributed by atoms with Crippen molar-refractivity contribution in [3.05, 3.63) is 53.3 Å². The summed E-state index contributed by atoms with van der Waals surface area (Å²) in [6.07, 6.45) is 3.70. The minimum atomic E-state index is -2.92. The minimum absolute atomic E-state index is 0.0508. The van der Waals surface area contributed by atoms with E-state index in [0.717, 1.165) is 10.7 Å². The number of fused-ring (bicyclic) bond motifs is 1. The molecule has 114 valence electrons. The van der Waals surface area contributed by atoms with Gasteiger partial charge >= 0.3 is 6.61 Å². The zero-order chi connectivity index (χ0) is 15.5. The maximum absolute atomic E-state index is 12.2. The van der Waals surface area contributed by atoms with Crippen molar-refractivity contribution in [2.24, 2.45) is 0 Å². The Morgan fingerprint density at radius 3 is 3.09 bits per heavy atom. The number of amides is 1. The number of carbonyl (C=O) groups is 1. The van der Waals surface area contributed by atoms with Crippen LogP contribution in [0.15, 0.2) is 42.0 Å². The van der Waals surface area contributed by atoms with Gasteiger partial charge in [-0.05, 0) is 18.2 Å². The van der Waals surface area contributed by atoms with E-state index in [1.807, 2.05) is 22.2 Å². The van der Waals surface area contributed by atoms with Crippen LogP contribution in [0.2, 0.25) is 0 Å². The summed E-state index contributed by atoms with van der Waals surface area (Å²) in [5.74, 6) is -0.429. The molecule has 22 heavy (non-hydrogen) atoms. The van der Waals surface area contributed by atoms with Gasteiger partial charge in [0.05, 0.1) is 12.2 Å². The van der Waals surface area contributed by atoms with Gasteiger partial charge in [0.25, 0.3) is 5.91 Å². The Morgan fingerprint density at radius 1 is 1.45 bits per heavy atom. The molecule has 1 aromatic carbocycles. The molecule has 2 heterocycles. The quantitative estimate of drug-likeness (QED) is 0.785. The molecular weight excluding hydrogens is 312 g/mol. The summed E-state index contributed by atoms with van der Waals surface area (Å²) < 4.78 is 30.5. The number of rotatable bonds is 5. The molecule has 0 saturated carbocycles. The third kappa shape index (κ3) is 3.22. The molecule has 0 atom stereocenters. The summed E-state index contributed by atoms with van der Waals surface area (Å²) in [7, 11) is 0. The highest BCUT2D eigenvalue weighted by Crippen LogP contribution is 2.16. The zero-order valence-corrected chi connectivity index (χ0v) is 12.0. The summed E-state index contributed by atoms with van der Waals surface area (Å²) in [6.45, 7) is -2.66. The Hall–Kier alpha value is -2.48. The molecule has 3 rings (SSSR count). The van der Waals surface area contributed by atoms with Gasteiger partial charge in [-0.25, -0.2) is 4.98 Å². The molecule has 0 aliphatic carbocycles. The van der Waals surface area contributed by atoms with Crippen LogP contribution in [0, 0.1) is 0 Å². The molecule has 0 spiro atoms. The van der Waals surface area contributed by atoms with Crippen LogP contribution >= 0.6 is 11.3 Å². The molecule has 2 aromatic heterocycles. The predicted octanol–water partition coefficient (Wildman–Crippen LogP) is 2.93. The van der Waals surface area contributed by atoms with Gasteiger partial charge in [-0.2, -0.15) is 8.78 Å². The molecule has 0 bridgehead atoms. The standard InChI is InChI=1S/C14H11F2N3O2S/c15-13(16)21-11-3-1-2-9(6-11)12(20)17-7-10-8-19-4-5-22-14(19)18-10/h1-6,8,13H,7H2,(H,17,20). The lowest BCUT2D eigenvalue weighted by molar-refractivity contribution is -0.0498. The van der Waals surface area contributed by atoms with Gasteiger partial charge in [-0.3, -0.25) is 9.20 Å². The van der Waals surface area contributed by atoms with Crippen LogP contribution in [0.25, 0.3) is 4.96 Å². The van der Waals surface area contributed by atoms with Gasteiger partial charge in [0, 0.05) is 23.3 Å². The molecule has 1 N–H and O–H groups in total. The first kappa shape index (κ1) is 14.5. The summed E-state index contributed by atoms with van der Waals surface area (Å²) in [6, 6.07) is 5.65. The number of alkyl halides is 2. The SMILES string of the molecule is O=C(NCc1cn2ccsc2n1)c1cccc(OC(F)F)c1. The first-order valence-corrected chi connectivity index (χ1v) is 7.24. The van der Waals surface area contributed by atoms with E-state index >= 15 is 0 Å². The molecule has 1 amide bonds. The van der Waals surface area contributed by atoms with Crippen molar-refractivity contribution in [2.75, 3.05) is 0 Å². The van der Waals surface area contributed by atoms with Gasteiger partial charge in [0.15, 0.2) is 4.96 Å². The Bertz CT molecular complexity index is 772. The molecule has 0 aliphatic heterocycles. The third-order valence-electron chi connectivity index (χ3n) is 2.89. The van der Waals surface area contributed by atoms with E-state index in [1.165, 1.54) is 35.6 Å². The third-order valence-corrected chi connectivity index (χ3v) is 3.67. The number of benzene rings is 1. The van der Waals surface area contributed by atoms with Crippen LogP contribution in [0.5, 0.6) is 5.75 Å². The zero-order valence-electron chi connectivity index (χ0n) is 11.2. The Labute approximate surface area is 128 Å². The minimum Gasteiger partial charge on any atom is -0.435 e. The van der Waals surface area contributed by atoms with Crippen LogP contribution in [-0.2, 0) is 6.54 Å². The monoisotopic (exact) mass is 323 g/mol. The van der Waals surface area contributed by atoms with Crippen molar-refractivity contribution in [1.29, 1.82) is 0 Å². The average Bonchev–Trinajstić information content (AvgIpc) is 3.05. The summed E-state index contributed by atoms with van der Waals surface area (Å²) in [5, 5.41) is 4.61. The number of thiazole rings is 1. The van der Waals surface area contributed by atoms with Gasteiger partial charge in [0.1, 0.15) is 5.75 Å². The lowest BCUT2D eigenvalue weighted by atomic mass is 10.2. The number of nitrogens with zero attached hydrogens (tertiary/aromatic N) is 2. The highest BCUT2D eigenvalue weighted by Gasteiger charge is 2.10. The number of aromatic nitrogens is 2. The molecule has 0 aliphatic rings. The van der Waals surface area contributed by atoms with E-state index < -0.39 is 6.61 Å². The fourth-order valence-corrected chi connectivity index (χ4v) is 2.67. The van der Waals surface area contributed by atoms with Crippen LogP contribution in [0.3, 0.4) is 0 Å². The van der Waals surface area contributed by atoms with Gasteiger partial charge in [-0.15, -0.1) is 11.3 Å². The first-order chi connectivity index (χ1) is 10.6. The van der Waals surface area contributed by atoms with E-state index in [-0.39, 0.29) is 23.8 Å². The Morgan fingerprint density at radius 2 is 2.32 bits per heavy atom. The second-order valence-corrected chi connectivity index (χ2v) is 5.29. The fraction of sp³-hybridized carbons (Fsp3) is 0.143. The number of ether oxygens (including phenoxy) is 1. The van der Waals surface area contributed by atoms with Gasteiger partial charge in [-0.1, -0.05) is 6.07 Å². The second kappa shape index (κ2) is 6.10. The molecule has 3 aromatic rings. The topological polar surface area (TPSA) is 55.6 Å². The number of hydrogen-bond donors (Lipinski definition) is 1. The van der Waals surface area contributed by atoms with Crippen LogP contribution < -0.4 is 10.1 Å². The van der Waals surface area contributed by atoms with Gasteiger partial charge in [0.2, 0.25) is 0 Å². The van der Waals surface area contributed by atoms with Crippen LogP contribution in [0.4, 0.5) is 8.78 Å². The molecule has 0 radical (unpaired) electrons. The normalized spacial score (nSPS) is 11.0. The van der Waals surface area contributed by atoms with Crippen molar-refractivity contribution in [3.63, 3.8) is 0 Å². The van der Waals surface area contributed by atoms with E-state index in [0.29, 0.717) is 0 Å². The van der Waals surface area contributed by atoms with Crippen LogP contribution in [0.1, 0.15) is 16.1 Å². The smallest absolute Gasteiger partial charge is 0.387 e. The largest absolute Gasteiger partial charge is 0.435 e. The fourth-order valence-electron chi connectivity index (χ4n) is 1.95. The summed E-state index contributed by atoms with van der Waals surface area (Å²) in [5.41, 5.74) is 0.972. The molecule has 8 heteroatoms. The number of hydrogen-bond acceptors (Lipinski definition) is 4. The molecule has 0 saturated heterocycles. The summed E-state index contributed by atoms with van der Waals surface area (Å²) in [4.78, 5) is 17.2. The number of carbonyl (C=O) groups excluding carboxylic acids is 1. The summed E-state index contributed by atoms with van der Waals surface area (Å²) >= 11 is 1.50. The average molecular weight is 323 g/mol. The maximum atomic E-state index is 12.2. The van der Waals surface area contributed by atoms with Crippen molar-refractivity contribution in [2.45, 2.75) is 13.2 Å². The number of nitrogens with one attached hydrogen (secondary N) is 1. The van der Waals surface area contributed by atoms with Crippen molar-refractivity contribution in [3.8, 4) is 5.75 Å². The Balaban J connectivity index is 1.65. The van der Waals surface area contributed by atoms with E-state index in [1.54, 1.807) is 0 Å². The highest BCUT2D eigenvalue weighted by atomic mass is 32.1. The van der Waals surface area contributed by atoms with Crippen molar-refractivity contribution in [1.82, 2.24) is 14.7 Å². The first-order valence-electron chi connectivity index (χ1n) is 6.36. The van der Waals surface area contributed by atoms with E-state index in [9.17, 15) is 13.6 Å². The predicted molar refractivity (Wildman–Crippen MR) is 77.3 cm³/mol. The van der Waals surface area contributed by atoms with Crippen molar-refractivity contribution < 1.29 is 18.3 Å². The van der Waals surface area contributed by atoms with E-state index in [4.69, 9.17) is 0 Å². The van der Waals surface area contributed by atoms with Crippen molar-refractivity contribution >= 4 is 22.2 Å². The highest BCUT2D eigenvalue weighted by molar-refractivity contribution is 7.15. The number of halogens is 2. The van der Waals surface area contributed by atoms with Gasteiger partial charge < -0.3 is 10.1 Å². The lowest BCUT2D eigenvalue weighted by Gasteiger charge is -2.07. The molecule has 0 fully saturated rings. The molecule has 5 nitrogen and oxygen atoms in total. The van der Waals surface area contributed by atoms with Crippen LogP contribution in [-0.4, -0.2) is 21.9 Å².